The Hall–Kier alpha value is -2.73. The summed E-state index contributed by atoms with van der Waals surface area (Å²) in [4.78, 5) is -0.0340. The van der Waals surface area contributed by atoms with E-state index in [1.165, 1.54) is 24.3 Å². The highest BCUT2D eigenvalue weighted by Crippen LogP contribution is 2.37. The van der Waals surface area contributed by atoms with E-state index < -0.39 is 27.4 Å². The molecule has 0 fully saturated rings. The molecule has 6 heteroatoms. The van der Waals surface area contributed by atoms with E-state index in [0.717, 1.165) is 5.39 Å². The average Bonchev–Trinajstić information content (AvgIpc) is 2.50. The first-order valence-corrected chi connectivity index (χ1v) is 7.83. The van der Waals surface area contributed by atoms with Crippen molar-refractivity contribution in [2.75, 3.05) is 0 Å². The number of hydrogen-bond acceptors (Lipinski definition) is 5. The summed E-state index contributed by atoms with van der Waals surface area (Å²) in [5.41, 5.74) is 0. The predicted molar refractivity (Wildman–Crippen MR) is 81.5 cm³/mol. The van der Waals surface area contributed by atoms with E-state index in [1.807, 2.05) is 0 Å². The molecule has 0 atom stereocenters. The van der Waals surface area contributed by atoms with Crippen LogP contribution in [0.1, 0.15) is 0 Å². The number of hydrogen-bond donors (Lipinski definition) is 2. The van der Waals surface area contributed by atoms with E-state index in [1.54, 1.807) is 36.4 Å². The molecule has 0 bridgehead atoms. The van der Waals surface area contributed by atoms with Crippen LogP contribution >= 0.6 is 0 Å². The van der Waals surface area contributed by atoms with Crippen LogP contribution in [0.15, 0.2) is 65.6 Å². The van der Waals surface area contributed by atoms with Gasteiger partial charge in [0.2, 0.25) is 5.75 Å². The number of benzene rings is 3. The summed E-state index contributed by atoms with van der Waals surface area (Å²) in [5, 5.41) is 20.6. The van der Waals surface area contributed by atoms with Crippen molar-refractivity contribution in [1.29, 1.82) is 0 Å². The lowest BCUT2D eigenvalue weighted by atomic mass is 10.1. The van der Waals surface area contributed by atoms with Crippen molar-refractivity contribution in [3.8, 4) is 17.2 Å². The summed E-state index contributed by atoms with van der Waals surface area (Å²) in [7, 11) is -4.20. The number of phenolic OH excluding ortho intramolecular Hbond substituents is 2. The second-order valence-electron chi connectivity index (χ2n) is 4.64. The van der Waals surface area contributed by atoms with Gasteiger partial charge in [-0.2, -0.15) is 8.42 Å². The summed E-state index contributed by atoms with van der Waals surface area (Å²) < 4.78 is 29.9. The SMILES string of the molecule is O=S(=O)(Oc1c(O)cccc1O)c1cccc2ccccc12. The van der Waals surface area contributed by atoms with Crippen molar-refractivity contribution in [1.82, 2.24) is 0 Å². The molecule has 22 heavy (non-hydrogen) atoms. The minimum Gasteiger partial charge on any atom is -0.504 e. The molecule has 0 saturated heterocycles. The fourth-order valence-corrected chi connectivity index (χ4v) is 3.35. The van der Waals surface area contributed by atoms with Crippen LogP contribution in [-0.4, -0.2) is 18.6 Å². The number of aromatic hydroxyl groups is 2. The van der Waals surface area contributed by atoms with Crippen molar-refractivity contribution in [3.63, 3.8) is 0 Å². The standard InChI is InChI=1S/C16H12O5S/c17-13-8-4-9-14(18)16(13)21-22(19,20)15-10-3-6-11-5-1-2-7-12(11)15/h1-10,17-18H. The Kier molecular flexibility index (Phi) is 3.38. The van der Waals surface area contributed by atoms with Crippen LogP contribution in [0.2, 0.25) is 0 Å². The highest BCUT2D eigenvalue weighted by Gasteiger charge is 2.23. The molecule has 0 amide bonds. The van der Waals surface area contributed by atoms with Gasteiger partial charge in [-0.15, -0.1) is 0 Å². The molecule has 0 aliphatic carbocycles. The Morgan fingerprint density at radius 3 is 2.09 bits per heavy atom. The number of phenols is 2. The molecule has 3 aromatic rings. The third-order valence-electron chi connectivity index (χ3n) is 3.19. The van der Waals surface area contributed by atoms with E-state index >= 15 is 0 Å². The van der Waals surface area contributed by atoms with Gasteiger partial charge in [-0.25, -0.2) is 0 Å². The molecule has 2 N–H and O–H groups in total. The van der Waals surface area contributed by atoms with Crippen molar-refractivity contribution < 1.29 is 22.8 Å². The van der Waals surface area contributed by atoms with E-state index in [0.29, 0.717) is 5.39 Å². The third-order valence-corrected chi connectivity index (χ3v) is 4.47. The maximum Gasteiger partial charge on any atom is 0.340 e. The molecule has 0 radical (unpaired) electrons. The van der Waals surface area contributed by atoms with Crippen molar-refractivity contribution in [3.05, 3.63) is 60.7 Å². The minimum atomic E-state index is -4.20. The fraction of sp³-hybridized carbons (Fsp3) is 0. The molecule has 0 heterocycles. The second-order valence-corrected chi connectivity index (χ2v) is 6.15. The summed E-state index contributed by atoms with van der Waals surface area (Å²) >= 11 is 0. The van der Waals surface area contributed by atoms with Gasteiger partial charge >= 0.3 is 10.1 Å². The fourth-order valence-electron chi connectivity index (χ4n) is 2.17. The summed E-state index contributed by atoms with van der Waals surface area (Å²) in [6.07, 6.45) is 0. The van der Waals surface area contributed by atoms with Crippen molar-refractivity contribution in [2.24, 2.45) is 0 Å². The smallest absolute Gasteiger partial charge is 0.340 e. The molecular weight excluding hydrogens is 304 g/mol. The first-order chi connectivity index (χ1) is 10.5. The first kappa shape index (κ1) is 14.2. The molecule has 3 rings (SSSR count). The van der Waals surface area contributed by atoms with Crippen LogP contribution in [0, 0.1) is 0 Å². The van der Waals surface area contributed by atoms with Crippen LogP contribution in [0.3, 0.4) is 0 Å². The Labute approximate surface area is 127 Å². The number of para-hydroxylation sites is 1. The Morgan fingerprint density at radius 1 is 0.773 bits per heavy atom. The van der Waals surface area contributed by atoms with Crippen LogP contribution in [0.25, 0.3) is 10.8 Å². The predicted octanol–water partition coefficient (Wildman–Crippen LogP) is 3.02. The molecule has 0 saturated carbocycles. The van der Waals surface area contributed by atoms with Crippen LogP contribution in [-0.2, 0) is 10.1 Å². The van der Waals surface area contributed by atoms with Gasteiger partial charge in [0, 0.05) is 5.39 Å². The maximum absolute atomic E-state index is 12.5. The lowest BCUT2D eigenvalue weighted by Gasteiger charge is -2.11. The van der Waals surface area contributed by atoms with Gasteiger partial charge in [-0.1, -0.05) is 42.5 Å². The lowest BCUT2D eigenvalue weighted by Crippen LogP contribution is -2.10. The summed E-state index contributed by atoms with van der Waals surface area (Å²) in [6, 6.07) is 15.6. The normalized spacial score (nSPS) is 11.5. The maximum atomic E-state index is 12.5. The molecule has 0 aliphatic rings. The van der Waals surface area contributed by atoms with Crippen LogP contribution in [0.5, 0.6) is 17.2 Å². The Balaban J connectivity index is 2.14. The highest BCUT2D eigenvalue weighted by atomic mass is 32.2. The van der Waals surface area contributed by atoms with E-state index in [2.05, 4.69) is 0 Å². The average molecular weight is 316 g/mol. The molecule has 5 nitrogen and oxygen atoms in total. The van der Waals surface area contributed by atoms with E-state index in [4.69, 9.17) is 4.18 Å². The summed E-state index contributed by atoms with van der Waals surface area (Å²) in [5.74, 6) is -1.40. The van der Waals surface area contributed by atoms with Gasteiger partial charge in [0.15, 0.2) is 11.5 Å². The first-order valence-electron chi connectivity index (χ1n) is 6.42. The second kappa shape index (κ2) is 5.23. The van der Waals surface area contributed by atoms with Gasteiger partial charge < -0.3 is 14.4 Å². The van der Waals surface area contributed by atoms with Crippen LogP contribution < -0.4 is 4.18 Å². The third kappa shape index (κ3) is 2.44. The van der Waals surface area contributed by atoms with Gasteiger partial charge in [0.05, 0.1) is 0 Å². The van der Waals surface area contributed by atoms with E-state index in [9.17, 15) is 18.6 Å². The number of fused-ring (bicyclic) bond motifs is 1. The Bertz CT molecular complexity index is 922. The largest absolute Gasteiger partial charge is 0.504 e. The van der Waals surface area contributed by atoms with E-state index in [-0.39, 0.29) is 4.90 Å². The quantitative estimate of drug-likeness (QED) is 0.726. The van der Waals surface area contributed by atoms with Crippen molar-refractivity contribution >= 4 is 20.9 Å². The molecule has 0 aromatic heterocycles. The molecule has 112 valence electrons. The molecule has 0 unspecified atom stereocenters. The molecule has 0 aliphatic heterocycles. The zero-order valence-electron chi connectivity index (χ0n) is 11.3. The van der Waals surface area contributed by atoms with Crippen molar-refractivity contribution in [2.45, 2.75) is 4.90 Å². The topological polar surface area (TPSA) is 83.8 Å². The van der Waals surface area contributed by atoms with Gasteiger partial charge in [-0.05, 0) is 23.6 Å². The van der Waals surface area contributed by atoms with Gasteiger partial charge in [0.1, 0.15) is 4.90 Å². The zero-order chi connectivity index (χ0) is 15.7. The Morgan fingerprint density at radius 2 is 1.36 bits per heavy atom. The molecule has 0 spiro atoms. The zero-order valence-corrected chi connectivity index (χ0v) is 12.1. The molecule has 3 aromatic carbocycles. The lowest BCUT2D eigenvalue weighted by molar-refractivity contribution is 0.395. The monoisotopic (exact) mass is 316 g/mol. The summed E-state index contributed by atoms with van der Waals surface area (Å²) in [6.45, 7) is 0. The number of rotatable bonds is 3. The van der Waals surface area contributed by atoms with Gasteiger partial charge in [-0.3, -0.25) is 0 Å². The highest BCUT2D eigenvalue weighted by molar-refractivity contribution is 7.87. The van der Waals surface area contributed by atoms with Gasteiger partial charge in [0.25, 0.3) is 0 Å². The van der Waals surface area contributed by atoms with Crippen LogP contribution in [0.4, 0.5) is 0 Å². The minimum absolute atomic E-state index is 0.0340. The molecular formula is C16H12O5S.